The van der Waals surface area contributed by atoms with E-state index >= 15 is 0 Å². The summed E-state index contributed by atoms with van der Waals surface area (Å²) in [6.07, 6.45) is 16.9. The minimum Gasteiger partial charge on any atom is -0.437 e. The molecule has 1 aliphatic rings. The summed E-state index contributed by atoms with van der Waals surface area (Å²) >= 11 is 0. The van der Waals surface area contributed by atoms with Crippen molar-refractivity contribution in [2.45, 2.75) is 94.0 Å². The van der Waals surface area contributed by atoms with Gasteiger partial charge in [0.25, 0.3) is 0 Å². The van der Waals surface area contributed by atoms with Crippen molar-refractivity contribution in [3.63, 3.8) is 0 Å². The Hall–Kier alpha value is -4.23. The Morgan fingerprint density at radius 3 is 2.57 bits per heavy atom. The van der Waals surface area contributed by atoms with Crippen molar-refractivity contribution in [3.05, 3.63) is 95.0 Å². The number of rotatable bonds is 7. The smallest absolute Gasteiger partial charge is 0.227 e. The molecule has 3 aromatic heterocycles. The van der Waals surface area contributed by atoms with E-state index in [9.17, 15) is 0 Å². The normalized spacial score (nSPS) is 15.6. The van der Waals surface area contributed by atoms with Crippen molar-refractivity contribution in [3.8, 4) is 23.1 Å². The Labute approximate surface area is 264 Å². The molecule has 2 atom stereocenters. The number of fused-ring (bicyclic) bond motifs is 3. The van der Waals surface area contributed by atoms with E-state index in [4.69, 9.17) is 4.42 Å². The Morgan fingerprint density at radius 1 is 1.09 bits per heavy atom. The summed E-state index contributed by atoms with van der Waals surface area (Å²) in [5.74, 6) is 6.51. The first-order valence-corrected chi connectivity index (χ1v) is 16.0. The van der Waals surface area contributed by atoms with E-state index in [0.717, 1.165) is 46.3 Å². The topological polar surface area (TPSA) is 42.3 Å². The van der Waals surface area contributed by atoms with Gasteiger partial charge < -0.3 is 4.42 Å². The quantitative estimate of drug-likeness (QED) is 0.123. The highest BCUT2D eigenvalue weighted by Gasteiger charge is 2.27. The van der Waals surface area contributed by atoms with Gasteiger partial charge in [-0.25, -0.2) is 4.98 Å². The summed E-state index contributed by atoms with van der Waals surface area (Å²) in [4.78, 5) is 9.00. The number of aryl methyl sites for hydroxylation is 4. The molecule has 4 heteroatoms. The minimum atomic E-state index is 0.314. The highest BCUT2D eigenvalue weighted by Crippen LogP contribution is 2.37. The van der Waals surface area contributed by atoms with Crippen molar-refractivity contribution >= 4 is 27.8 Å². The molecule has 228 valence electrons. The van der Waals surface area contributed by atoms with Gasteiger partial charge in [-0.1, -0.05) is 56.2 Å². The number of nitrogens with zero attached hydrogens (tertiary/aromatic N) is 3. The first-order chi connectivity index (χ1) is 21.2. The summed E-state index contributed by atoms with van der Waals surface area (Å²) in [5.41, 5.74) is 11.3. The van der Waals surface area contributed by atoms with E-state index in [2.05, 4.69) is 116 Å². The fraction of sp³-hybridized carbons (Fsp3) is 0.375. The van der Waals surface area contributed by atoms with Crippen molar-refractivity contribution in [2.24, 2.45) is 10.9 Å². The number of aromatic nitrogens is 2. The lowest BCUT2D eigenvalue weighted by molar-refractivity contribution is -0.714. The average molecular weight is 587 g/mol. The van der Waals surface area contributed by atoms with E-state index < -0.39 is 0 Å². The van der Waals surface area contributed by atoms with Gasteiger partial charge in [0.15, 0.2) is 17.8 Å². The van der Waals surface area contributed by atoms with Crippen LogP contribution in [0, 0.1) is 45.5 Å². The highest BCUT2D eigenvalue weighted by atomic mass is 16.3. The third kappa shape index (κ3) is 7.11. The largest absolute Gasteiger partial charge is 0.437 e. The molecular formula is C40H48N3O+. The number of furan rings is 1. The van der Waals surface area contributed by atoms with Crippen LogP contribution in [0.4, 0.5) is 0 Å². The monoisotopic (exact) mass is 586 g/mol. The van der Waals surface area contributed by atoms with Crippen molar-refractivity contribution in [1.29, 1.82) is 0 Å². The molecule has 0 aliphatic heterocycles. The third-order valence-corrected chi connectivity index (χ3v) is 8.50. The van der Waals surface area contributed by atoms with Crippen LogP contribution in [0.2, 0.25) is 0 Å². The summed E-state index contributed by atoms with van der Waals surface area (Å²) < 4.78 is 8.86. The van der Waals surface area contributed by atoms with Gasteiger partial charge in [-0.3, -0.25) is 4.99 Å². The van der Waals surface area contributed by atoms with Gasteiger partial charge in [-0.05, 0) is 90.1 Å². The number of benzene rings is 1. The number of hydrogen-bond donors (Lipinski definition) is 0. The molecule has 4 aromatic rings. The predicted octanol–water partition coefficient (Wildman–Crippen LogP) is 10.4. The van der Waals surface area contributed by atoms with Crippen LogP contribution in [0.3, 0.4) is 0 Å². The average Bonchev–Trinajstić information content (AvgIpc) is 3.38. The van der Waals surface area contributed by atoms with E-state index in [1.54, 1.807) is 0 Å². The van der Waals surface area contributed by atoms with E-state index in [1.807, 2.05) is 40.0 Å². The molecule has 2 unspecified atom stereocenters. The number of pyridine rings is 2. The molecule has 1 aromatic carbocycles. The van der Waals surface area contributed by atoms with E-state index in [1.165, 1.54) is 46.4 Å². The van der Waals surface area contributed by atoms with E-state index in [-0.39, 0.29) is 0 Å². The molecule has 44 heavy (non-hydrogen) atoms. The maximum absolute atomic E-state index is 6.37. The van der Waals surface area contributed by atoms with Crippen LogP contribution in [-0.4, -0.2) is 10.7 Å². The first-order valence-electron chi connectivity index (χ1n) is 16.0. The summed E-state index contributed by atoms with van der Waals surface area (Å²) in [7, 11) is 0. The fourth-order valence-corrected chi connectivity index (χ4v) is 5.95. The van der Waals surface area contributed by atoms with Crippen molar-refractivity contribution in [1.82, 2.24) is 4.98 Å². The molecule has 0 N–H and O–H groups in total. The molecule has 0 bridgehead atoms. The van der Waals surface area contributed by atoms with Crippen LogP contribution < -0.4 is 4.57 Å². The Balaban J connectivity index is 0.000000249. The lowest BCUT2D eigenvalue weighted by Crippen LogP contribution is -2.42. The molecule has 3 heterocycles. The fourth-order valence-electron chi connectivity index (χ4n) is 5.95. The van der Waals surface area contributed by atoms with Crippen LogP contribution in [0.1, 0.15) is 88.7 Å². The lowest BCUT2D eigenvalue weighted by atomic mass is 9.89. The van der Waals surface area contributed by atoms with Crippen molar-refractivity contribution in [2.75, 3.05) is 0 Å². The molecule has 1 aliphatic carbocycles. The highest BCUT2D eigenvalue weighted by molar-refractivity contribution is 6.08. The second kappa shape index (κ2) is 15.0. The number of allylic oxidation sites excluding steroid dienone is 5. The van der Waals surface area contributed by atoms with Crippen LogP contribution in [0.25, 0.3) is 33.3 Å². The van der Waals surface area contributed by atoms with E-state index in [0.29, 0.717) is 12.0 Å². The zero-order chi connectivity index (χ0) is 31.8. The van der Waals surface area contributed by atoms with Crippen LogP contribution in [-0.2, 0) is 0 Å². The van der Waals surface area contributed by atoms with Gasteiger partial charge >= 0.3 is 0 Å². The number of aliphatic imine (C=N–C) groups is 1. The van der Waals surface area contributed by atoms with Crippen molar-refractivity contribution < 1.29 is 8.98 Å². The Morgan fingerprint density at radius 2 is 1.86 bits per heavy atom. The molecule has 5 rings (SSSR count). The molecule has 0 fully saturated rings. The molecule has 0 spiro atoms. The van der Waals surface area contributed by atoms with Gasteiger partial charge in [0.2, 0.25) is 11.4 Å². The van der Waals surface area contributed by atoms with Gasteiger partial charge in [-0.2, -0.15) is 4.57 Å². The summed E-state index contributed by atoms with van der Waals surface area (Å²) in [6, 6.07) is 11.4. The third-order valence-electron chi connectivity index (χ3n) is 8.50. The molecule has 0 saturated carbocycles. The zero-order valence-corrected chi connectivity index (χ0v) is 28.1. The molecule has 4 nitrogen and oxygen atoms in total. The van der Waals surface area contributed by atoms with Crippen LogP contribution in [0.15, 0.2) is 82.0 Å². The summed E-state index contributed by atoms with van der Waals surface area (Å²) in [5, 5.41) is 2.23. The zero-order valence-electron chi connectivity index (χ0n) is 28.1. The Bertz CT molecular complexity index is 1820. The first kappa shape index (κ1) is 32.7. The summed E-state index contributed by atoms with van der Waals surface area (Å²) in [6.45, 7) is 19.0. The molecular weight excluding hydrogens is 538 g/mol. The predicted molar refractivity (Wildman–Crippen MR) is 187 cm³/mol. The van der Waals surface area contributed by atoms with Gasteiger partial charge in [0, 0.05) is 52.8 Å². The second-order valence-corrected chi connectivity index (χ2v) is 11.8. The maximum atomic E-state index is 6.37. The maximum Gasteiger partial charge on any atom is 0.227 e. The van der Waals surface area contributed by atoms with Gasteiger partial charge in [0.1, 0.15) is 0 Å². The van der Waals surface area contributed by atoms with Crippen LogP contribution >= 0.6 is 0 Å². The van der Waals surface area contributed by atoms with Crippen LogP contribution in [0.5, 0.6) is 0 Å². The second-order valence-electron chi connectivity index (χ2n) is 11.8. The minimum absolute atomic E-state index is 0.314. The Kier molecular flexibility index (Phi) is 11.1. The number of hydrogen-bond acceptors (Lipinski definition) is 3. The molecule has 0 radical (unpaired) electrons. The molecule has 0 saturated heterocycles. The van der Waals surface area contributed by atoms with Gasteiger partial charge in [0.05, 0.1) is 11.5 Å². The lowest BCUT2D eigenvalue weighted by Gasteiger charge is -2.16. The van der Waals surface area contributed by atoms with Gasteiger partial charge in [-0.15, -0.1) is 5.92 Å². The SMILES string of the molecule is CC#CC1CC=CC=C1C(C)=N/C=C\C.CCCC(CC)[n+]1cc(C)c(C)cc1-c1c(C)ccc2c1oc1nc(C)ccc12. The standard InChI is InChI=1S/C26H31N2O.C14H17N/c1-7-9-20(8-2)28-15-18(5)17(4)14-23(28)24-16(3)10-12-21-22-13-11-19(6)27-26(22)29-25(21)24;1-4-8-13-9-6-7-10-14(13)12(3)15-11-5-2/h10-15,20H,7-9H2,1-6H3;5-7,10-11,13H,9H2,1-3H3/q+1;/b;11-5-,15-12?. The molecule has 0 amide bonds.